The van der Waals surface area contributed by atoms with E-state index in [4.69, 9.17) is 0 Å². The summed E-state index contributed by atoms with van der Waals surface area (Å²) in [7, 11) is -2.71. The highest BCUT2D eigenvalue weighted by molar-refractivity contribution is 7.91. The summed E-state index contributed by atoms with van der Waals surface area (Å²) in [4.78, 5) is 0. The second-order valence-electron chi connectivity index (χ2n) is 5.55. The zero-order chi connectivity index (χ0) is 10.5. The van der Waals surface area contributed by atoms with E-state index in [1.54, 1.807) is 0 Å². The van der Waals surface area contributed by atoms with Crippen LogP contribution in [-0.2, 0) is 9.84 Å². The molecule has 4 atom stereocenters. The smallest absolute Gasteiger partial charge is 0.151 e. The first-order chi connectivity index (χ1) is 7.12. The van der Waals surface area contributed by atoms with Crippen molar-refractivity contribution in [2.24, 2.45) is 11.8 Å². The van der Waals surface area contributed by atoms with Crippen molar-refractivity contribution in [2.75, 3.05) is 11.5 Å². The molecule has 0 unspecified atom stereocenters. The maximum Gasteiger partial charge on any atom is 0.151 e. The third kappa shape index (κ3) is 1.94. The van der Waals surface area contributed by atoms with Crippen LogP contribution in [0.4, 0.5) is 0 Å². The second kappa shape index (κ2) is 3.45. The summed E-state index contributed by atoms with van der Waals surface area (Å²) in [5.41, 5.74) is 0. The largest absolute Gasteiger partial charge is 0.310 e. The first-order valence-corrected chi connectivity index (χ1v) is 7.91. The van der Waals surface area contributed by atoms with Gasteiger partial charge in [0.2, 0.25) is 0 Å². The van der Waals surface area contributed by atoms with Gasteiger partial charge in [-0.3, -0.25) is 0 Å². The molecule has 3 rings (SSSR count). The first-order valence-electron chi connectivity index (χ1n) is 6.09. The second-order valence-corrected chi connectivity index (χ2v) is 7.78. The normalized spacial score (nSPS) is 47.5. The summed E-state index contributed by atoms with van der Waals surface area (Å²) in [6.07, 6.45) is 6.28. The standard InChI is InChI=1S/C11H19NO2S/c13-15(14)4-3-10(7-15)12-11-6-8-1-2-9(11)5-8/h8-12H,1-7H2/t8-,9-,10-,11+/m1/s1. The van der Waals surface area contributed by atoms with Gasteiger partial charge in [-0.25, -0.2) is 8.42 Å². The van der Waals surface area contributed by atoms with E-state index in [1.807, 2.05) is 0 Å². The molecule has 2 saturated carbocycles. The average molecular weight is 229 g/mol. The van der Waals surface area contributed by atoms with Gasteiger partial charge in [0.15, 0.2) is 9.84 Å². The number of fused-ring (bicyclic) bond motifs is 2. The molecule has 0 aromatic rings. The van der Waals surface area contributed by atoms with E-state index in [9.17, 15) is 8.42 Å². The Morgan fingerprint density at radius 3 is 2.47 bits per heavy atom. The highest BCUT2D eigenvalue weighted by Gasteiger charge is 2.41. The topological polar surface area (TPSA) is 46.2 Å². The monoisotopic (exact) mass is 229 g/mol. The van der Waals surface area contributed by atoms with Crippen LogP contribution < -0.4 is 5.32 Å². The molecule has 0 aromatic carbocycles. The van der Waals surface area contributed by atoms with E-state index < -0.39 is 9.84 Å². The van der Waals surface area contributed by atoms with Gasteiger partial charge in [-0.2, -0.15) is 0 Å². The fourth-order valence-corrected chi connectivity index (χ4v) is 5.36. The summed E-state index contributed by atoms with van der Waals surface area (Å²) < 4.78 is 22.7. The molecule has 1 aliphatic heterocycles. The Morgan fingerprint density at radius 2 is 1.93 bits per heavy atom. The lowest BCUT2D eigenvalue weighted by Crippen LogP contribution is -2.41. The fraction of sp³-hybridized carbons (Fsp3) is 1.00. The van der Waals surface area contributed by atoms with Gasteiger partial charge < -0.3 is 5.32 Å². The third-order valence-electron chi connectivity index (χ3n) is 4.42. The Kier molecular flexibility index (Phi) is 2.32. The minimum Gasteiger partial charge on any atom is -0.310 e. The Balaban J connectivity index is 1.58. The third-order valence-corrected chi connectivity index (χ3v) is 6.19. The summed E-state index contributed by atoms with van der Waals surface area (Å²) in [6, 6.07) is 0.876. The fourth-order valence-electron chi connectivity index (χ4n) is 3.68. The molecular weight excluding hydrogens is 210 g/mol. The highest BCUT2D eigenvalue weighted by Crippen LogP contribution is 2.44. The summed E-state index contributed by atoms with van der Waals surface area (Å²) in [5.74, 6) is 2.55. The Hall–Kier alpha value is -0.0900. The molecule has 0 radical (unpaired) electrons. The van der Waals surface area contributed by atoms with Gasteiger partial charge in [0, 0.05) is 12.1 Å². The summed E-state index contributed by atoms with van der Waals surface area (Å²) in [5, 5.41) is 3.59. The van der Waals surface area contributed by atoms with Crippen molar-refractivity contribution in [2.45, 2.75) is 44.2 Å². The van der Waals surface area contributed by atoms with Crippen molar-refractivity contribution in [3.8, 4) is 0 Å². The van der Waals surface area contributed by atoms with Crippen LogP contribution in [0.1, 0.15) is 32.1 Å². The average Bonchev–Trinajstić information content (AvgIpc) is 2.81. The number of hydrogen-bond acceptors (Lipinski definition) is 3. The van der Waals surface area contributed by atoms with Gasteiger partial charge in [-0.15, -0.1) is 0 Å². The molecule has 3 fully saturated rings. The molecule has 0 spiro atoms. The van der Waals surface area contributed by atoms with E-state index in [2.05, 4.69) is 5.32 Å². The van der Waals surface area contributed by atoms with Crippen LogP contribution in [0.5, 0.6) is 0 Å². The maximum atomic E-state index is 11.3. The van der Waals surface area contributed by atoms with E-state index in [0.717, 1.165) is 18.3 Å². The van der Waals surface area contributed by atoms with Crippen molar-refractivity contribution >= 4 is 9.84 Å². The van der Waals surface area contributed by atoms with E-state index in [-0.39, 0.29) is 6.04 Å². The van der Waals surface area contributed by atoms with Gasteiger partial charge >= 0.3 is 0 Å². The Labute approximate surface area is 91.5 Å². The Morgan fingerprint density at radius 1 is 1.07 bits per heavy atom. The predicted molar refractivity (Wildman–Crippen MR) is 59.4 cm³/mol. The molecule has 1 N–H and O–H groups in total. The molecule has 3 aliphatic rings. The number of sulfone groups is 1. The van der Waals surface area contributed by atoms with Crippen molar-refractivity contribution in [3.05, 3.63) is 0 Å². The molecule has 2 bridgehead atoms. The summed E-state index contributed by atoms with van der Waals surface area (Å²) in [6.45, 7) is 0. The zero-order valence-corrected chi connectivity index (χ0v) is 9.80. The first kappa shape index (κ1) is 10.1. The molecule has 0 amide bonds. The van der Waals surface area contributed by atoms with Crippen LogP contribution in [0.3, 0.4) is 0 Å². The van der Waals surface area contributed by atoms with Crippen LogP contribution in [0.25, 0.3) is 0 Å². The van der Waals surface area contributed by atoms with Crippen molar-refractivity contribution in [3.63, 3.8) is 0 Å². The SMILES string of the molecule is O=S1(=O)CC[C@@H](N[C@H]2C[C@@H]3CC[C@@H]2C3)C1. The van der Waals surface area contributed by atoms with Gasteiger partial charge in [0.25, 0.3) is 0 Å². The van der Waals surface area contributed by atoms with E-state index in [0.29, 0.717) is 17.5 Å². The van der Waals surface area contributed by atoms with Gasteiger partial charge in [0.1, 0.15) is 0 Å². The van der Waals surface area contributed by atoms with Crippen LogP contribution in [0.15, 0.2) is 0 Å². The molecule has 2 aliphatic carbocycles. The molecule has 86 valence electrons. The number of hydrogen-bond donors (Lipinski definition) is 1. The number of rotatable bonds is 2. The van der Waals surface area contributed by atoms with E-state index in [1.165, 1.54) is 25.7 Å². The lowest BCUT2D eigenvalue weighted by Gasteiger charge is -2.25. The quantitative estimate of drug-likeness (QED) is 0.767. The van der Waals surface area contributed by atoms with Crippen molar-refractivity contribution < 1.29 is 8.42 Å². The predicted octanol–water partition coefficient (Wildman–Crippen LogP) is 0.952. The van der Waals surface area contributed by atoms with Crippen molar-refractivity contribution in [1.29, 1.82) is 0 Å². The molecule has 3 nitrogen and oxygen atoms in total. The lowest BCUT2D eigenvalue weighted by atomic mass is 9.94. The van der Waals surface area contributed by atoms with Gasteiger partial charge in [-0.1, -0.05) is 6.42 Å². The molecule has 4 heteroatoms. The molecule has 1 heterocycles. The highest BCUT2D eigenvalue weighted by atomic mass is 32.2. The summed E-state index contributed by atoms with van der Waals surface area (Å²) >= 11 is 0. The minimum absolute atomic E-state index is 0.249. The van der Waals surface area contributed by atoms with Crippen LogP contribution in [0.2, 0.25) is 0 Å². The van der Waals surface area contributed by atoms with Crippen LogP contribution in [0, 0.1) is 11.8 Å². The van der Waals surface area contributed by atoms with Gasteiger partial charge in [-0.05, 0) is 37.5 Å². The number of nitrogens with one attached hydrogen (secondary N) is 1. The minimum atomic E-state index is -2.71. The van der Waals surface area contributed by atoms with Gasteiger partial charge in [0.05, 0.1) is 11.5 Å². The Bertz CT molecular complexity index is 352. The maximum absolute atomic E-state index is 11.3. The van der Waals surface area contributed by atoms with E-state index >= 15 is 0 Å². The zero-order valence-electron chi connectivity index (χ0n) is 8.98. The molecule has 0 aromatic heterocycles. The molecular formula is C11H19NO2S. The lowest BCUT2D eigenvalue weighted by molar-refractivity contribution is 0.326. The molecule has 15 heavy (non-hydrogen) atoms. The molecule has 1 saturated heterocycles. The van der Waals surface area contributed by atoms with Crippen molar-refractivity contribution in [1.82, 2.24) is 5.32 Å². The van der Waals surface area contributed by atoms with Crippen LogP contribution in [-0.4, -0.2) is 32.0 Å². The van der Waals surface area contributed by atoms with Crippen LogP contribution >= 0.6 is 0 Å².